The Morgan fingerprint density at radius 2 is 1.71 bits per heavy atom. The van der Waals surface area contributed by atoms with Crippen molar-refractivity contribution in [2.75, 3.05) is 6.61 Å². The molecule has 118 valence electrons. The van der Waals surface area contributed by atoms with Crippen LogP contribution in [0.4, 0.5) is 0 Å². The van der Waals surface area contributed by atoms with Gasteiger partial charge in [0.25, 0.3) is 0 Å². The van der Waals surface area contributed by atoms with Gasteiger partial charge in [-0.1, -0.05) is 43.2 Å². The summed E-state index contributed by atoms with van der Waals surface area (Å²) in [7, 11) is 0. The summed E-state index contributed by atoms with van der Waals surface area (Å²) in [5.41, 5.74) is 4.28. The smallest absolute Gasteiger partial charge is 0.0598 e. The molecule has 0 aliphatic heterocycles. The summed E-state index contributed by atoms with van der Waals surface area (Å²) >= 11 is 0. The van der Waals surface area contributed by atoms with Crippen LogP contribution in [0.25, 0.3) is 5.57 Å². The molecule has 0 aliphatic rings. The standard InChI is InChI=1S/C20H32O/c1-6-18(19-15-11-10-13-17(19)2)14-9-7-8-12-16-21-20(3,4)5/h6,10-11,13,15H,7-9,12,14,16H2,1-5H3/b18-6-. The molecule has 0 saturated heterocycles. The van der Waals surface area contributed by atoms with Crippen molar-refractivity contribution < 1.29 is 4.74 Å². The Morgan fingerprint density at radius 1 is 1.05 bits per heavy atom. The van der Waals surface area contributed by atoms with Crippen molar-refractivity contribution in [2.45, 2.75) is 72.3 Å². The van der Waals surface area contributed by atoms with Crippen LogP contribution >= 0.6 is 0 Å². The van der Waals surface area contributed by atoms with Crippen LogP contribution < -0.4 is 0 Å². The second-order valence-electron chi connectivity index (χ2n) is 6.75. The van der Waals surface area contributed by atoms with E-state index in [9.17, 15) is 0 Å². The van der Waals surface area contributed by atoms with Crippen LogP contribution in [0.15, 0.2) is 30.3 Å². The second kappa shape index (κ2) is 9.04. The van der Waals surface area contributed by atoms with Crippen LogP contribution in [0, 0.1) is 6.92 Å². The number of aryl methyl sites for hydroxylation is 1. The molecule has 0 aromatic heterocycles. The fourth-order valence-electron chi connectivity index (χ4n) is 2.52. The van der Waals surface area contributed by atoms with Gasteiger partial charge in [-0.05, 0) is 70.6 Å². The fourth-order valence-corrected chi connectivity index (χ4v) is 2.52. The van der Waals surface area contributed by atoms with Gasteiger partial charge in [0, 0.05) is 6.61 Å². The van der Waals surface area contributed by atoms with Gasteiger partial charge in [0.05, 0.1) is 5.60 Å². The number of hydrogen-bond acceptors (Lipinski definition) is 1. The third-order valence-electron chi connectivity index (χ3n) is 3.72. The zero-order valence-corrected chi connectivity index (χ0v) is 14.5. The van der Waals surface area contributed by atoms with E-state index in [0.29, 0.717) is 0 Å². The van der Waals surface area contributed by atoms with E-state index in [1.54, 1.807) is 0 Å². The van der Waals surface area contributed by atoms with Gasteiger partial charge in [0.1, 0.15) is 0 Å². The number of hydrogen-bond donors (Lipinski definition) is 0. The first-order valence-electron chi connectivity index (χ1n) is 8.29. The van der Waals surface area contributed by atoms with E-state index in [0.717, 1.165) is 6.61 Å². The highest BCUT2D eigenvalue weighted by Gasteiger charge is 2.08. The summed E-state index contributed by atoms with van der Waals surface area (Å²) in [6.07, 6.45) is 8.44. The van der Waals surface area contributed by atoms with Gasteiger partial charge in [-0.15, -0.1) is 0 Å². The second-order valence-corrected chi connectivity index (χ2v) is 6.75. The number of allylic oxidation sites excluding steroid dienone is 2. The molecule has 0 unspecified atom stereocenters. The highest BCUT2D eigenvalue weighted by atomic mass is 16.5. The number of unbranched alkanes of at least 4 members (excludes halogenated alkanes) is 3. The largest absolute Gasteiger partial charge is 0.376 e. The van der Waals surface area contributed by atoms with Crippen LogP contribution in [0.3, 0.4) is 0 Å². The van der Waals surface area contributed by atoms with Crippen LogP contribution in [0.5, 0.6) is 0 Å². The third-order valence-corrected chi connectivity index (χ3v) is 3.72. The summed E-state index contributed by atoms with van der Waals surface area (Å²) in [6.45, 7) is 11.6. The van der Waals surface area contributed by atoms with Crippen LogP contribution in [0.1, 0.15) is 70.9 Å². The average molecular weight is 288 g/mol. The van der Waals surface area contributed by atoms with Crippen molar-refractivity contribution in [1.29, 1.82) is 0 Å². The van der Waals surface area contributed by atoms with Gasteiger partial charge in [-0.3, -0.25) is 0 Å². The number of rotatable bonds is 8. The highest BCUT2D eigenvalue weighted by Crippen LogP contribution is 2.24. The van der Waals surface area contributed by atoms with Crippen molar-refractivity contribution in [1.82, 2.24) is 0 Å². The summed E-state index contributed by atoms with van der Waals surface area (Å²) in [6, 6.07) is 8.68. The molecule has 0 heterocycles. The van der Waals surface area contributed by atoms with Crippen molar-refractivity contribution in [2.24, 2.45) is 0 Å². The van der Waals surface area contributed by atoms with E-state index in [4.69, 9.17) is 4.74 Å². The van der Waals surface area contributed by atoms with Crippen molar-refractivity contribution in [3.63, 3.8) is 0 Å². The predicted molar refractivity (Wildman–Crippen MR) is 93.6 cm³/mol. The molecule has 1 nitrogen and oxygen atoms in total. The van der Waals surface area contributed by atoms with Crippen molar-refractivity contribution in [3.8, 4) is 0 Å². The molecule has 1 heteroatoms. The predicted octanol–water partition coefficient (Wildman–Crippen LogP) is 6.16. The maximum atomic E-state index is 5.75. The first-order valence-corrected chi connectivity index (χ1v) is 8.29. The summed E-state index contributed by atoms with van der Waals surface area (Å²) < 4.78 is 5.75. The quantitative estimate of drug-likeness (QED) is 0.520. The van der Waals surface area contributed by atoms with Crippen LogP contribution in [-0.4, -0.2) is 12.2 Å². The van der Waals surface area contributed by atoms with E-state index in [1.807, 2.05) is 0 Å². The Morgan fingerprint density at radius 3 is 2.33 bits per heavy atom. The zero-order valence-electron chi connectivity index (χ0n) is 14.5. The SMILES string of the molecule is C/C=C(/CCCCCCOC(C)(C)C)c1ccccc1C. The Labute approximate surface area is 131 Å². The zero-order chi connectivity index (χ0) is 15.7. The first kappa shape index (κ1) is 18.0. The Bertz CT molecular complexity index is 437. The highest BCUT2D eigenvalue weighted by molar-refractivity contribution is 5.67. The van der Waals surface area contributed by atoms with Gasteiger partial charge in [-0.2, -0.15) is 0 Å². The fraction of sp³-hybridized carbons (Fsp3) is 0.600. The van der Waals surface area contributed by atoms with E-state index in [-0.39, 0.29) is 5.60 Å². The summed E-state index contributed by atoms with van der Waals surface area (Å²) in [5, 5.41) is 0. The molecular formula is C20H32O. The number of ether oxygens (including phenoxy) is 1. The molecule has 21 heavy (non-hydrogen) atoms. The molecule has 1 aromatic rings. The van der Waals surface area contributed by atoms with Crippen molar-refractivity contribution >= 4 is 5.57 Å². The average Bonchev–Trinajstić information content (AvgIpc) is 2.42. The summed E-state index contributed by atoms with van der Waals surface area (Å²) in [4.78, 5) is 0. The molecule has 1 aromatic carbocycles. The minimum atomic E-state index is 0.00293. The molecule has 0 fully saturated rings. The van der Waals surface area contributed by atoms with Crippen LogP contribution in [-0.2, 0) is 4.74 Å². The van der Waals surface area contributed by atoms with Gasteiger partial charge in [0.2, 0.25) is 0 Å². The summed E-state index contributed by atoms with van der Waals surface area (Å²) in [5.74, 6) is 0. The lowest BCUT2D eigenvalue weighted by atomic mass is 9.95. The maximum Gasteiger partial charge on any atom is 0.0598 e. The van der Waals surface area contributed by atoms with Gasteiger partial charge >= 0.3 is 0 Å². The first-order chi connectivity index (χ1) is 9.94. The normalized spacial score (nSPS) is 12.7. The Hall–Kier alpha value is -1.08. The Balaban J connectivity index is 2.24. The minimum Gasteiger partial charge on any atom is -0.376 e. The third kappa shape index (κ3) is 7.47. The molecule has 0 atom stereocenters. The molecule has 0 radical (unpaired) electrons. The Kier molecular flexibility index (Phi) is 7.74. The lowest BCUT2D eigenvalue weighted by Gasteiger charge is -2.19. The van der Waals surface area contributed by atoms with E-state index in [1.165, 1.54) is 48.8 Å². The molecule has 1 rings (SSSR count). The van der Waals surface area contributed by atoms with Gasteiger partial charge < -0.3 is 4.74 Å². The van der Waals surface area contributed by atoms with E-state index >= 15 is 0 Å². The topological polar surface area (TPSA) is 9.23 Å². The van der Waals surface area contributed by atoms with Gasteiger partial charge in [0.15, 0.2) is 0 Å². The molecule has 0 saturated carbocycles. The van der Waals surface area contributed by atoms with Crippen LogP contribution in [0.2, 0.25) is 0 Å². The lowest BCUT2D eigenvalue weighted by Crippen LogP contribution is -2.19. The van der Waals surface area contributed by atoms with Crippen molar-refractivity contribution in [3.05, 3.63) is 41.5 Å². The number of benzene rings is 1. The monoisotopic (exact) mass is 288 g/mol. The lowest BCUT2D eigenvalue weighted by molar-refractivity contribution is -0.00472. The maximum absolute atomic E-state index is 5.75. The van der Waals surface area contributed by atoms with E-state index in [2.05, 4.69) is 65.0 Å². The molecular weight excluding hydrogens is 256 g/mol. The minimum absolute atomic E-state index is 0.00293. The molecule has 0 bridgehead atoms. The van der Waals surface area contributed by atoms with E-state index < -0.39 is 0 Å². The van der Waals surface area contributed by atoms with Gasteiger partial charge in [-0.25, -0.2) is 0 Å². The molecule has 0 spiro atoms. The molecule has 0 N–H and O–H groups in total. The molecule has 0 aliphatic carbocycles. The molecule has 0 amide bonds.